The Balaban J connectivity index is 1.95. The molecule has 0 unspecified atom stereocenters. The van der Waals surface area contributed by atoms with Gasteiger partial charge in [0.15, 0.2) is 23.2 Å². The Morgan fingerprint density at radius 1 is 1.08 bits per heavy atom. The number of aromatic nitrogens is 1. The first-order chi connectivity index (χ1) is 12.1. The van der Waals surface area contributed by atoms with E-state index in [2.05, 4.69) is 10.3 Å². The number of H-pyrrole nitrogens is 1. The Hall–Kier alpha value is -2.90. The molecule has 136 valence electrons. The molecule has 0 spiro atoms. The molecule has 1 heterocycles. The number of fused-ring (bicyclic) bond motifs is 1. The van der Waals surface area contributed by atoms with E-state index in [1.54, 1.807) is 0 Å². The summed E-state index contributed by atoms with van der Waals surface area (Å²) in [4.78, 5) is 39.3. The van der Waals surface area contributed by atoms with Crippen molar-refractivity contribution in [1.82, 2.24) is 4.98 Å². The second-order valence-electron chi connectivity index (χ2n) is 7.05. The number of halogens is 3. The van der Waals surface area contributed by atoms with Crippen LogP contribution in [-0.4, -0.2) is 16.7 Å². The largest absolute Gasteiger partial charge is 0.325 e. The number of Topliss-reactive ketones (excluding diaryl/α,β-unsaturated/α-hetero) is 1. The van der Waals surface area contributed by atoms with Crippen molar-refractivity contribution in [3.8, 4) is 0 Å². The van der Waals surface area contributed by atoms with Crippen molar-refractivity contribution in [2.45, 2.75) is 26.7 Å². The Labute approximate surface area is 146 Å². The molecule has 1 aromatic heterocycles. The SMILES string of the molecule is CC1(C)CC(=O)c2cc(C(=O)Nc3cc(F)c(F)c(F)c3)c(=O)[nH]c2C1. The van der Waals surface area contributed by atoms with Gasteiger partial charge in [0.1, 0.15) is 5.56 Å². The van der Waals surface area contributed by atoms with Crippen molar-refractivity contribution >= 4 is 17.4 Å². The lowest BCUT2D eigenvalue weighted by Crippen LogP contribution is -2.32. The van der Waals surface area contributed by atoms with Gasteiger partial charge in [0.25, 0.3) is 11.5 Å². The quantitative estimate of drug-likeness (QED) is 0.804. The van der Waals surface area contributed by atoms with Gasteiger partial charge in [-0.15, -0.1) is 0 Å². The molecule has 0 bridgehead atoms. The number of carbonyl (C=O) groups excluding carboxylic acids is 2. The van der Waals surface area contributed by atoms with Crippen LogP contribution >= 0.6 is 0 Å². The highest BCUT2D eigenvalue weighted by atomic mass is 19.2. The van der Waals surface area contributed by atoms with Gasteiger partial charge in [-0.25, -0.2) is 13.2 Å². The zero-order chi connectivity index (χ0) is 19.2. The molecule has 0 aliphatic heterocycles. The molecule has 1 amide bonds. The standard InChI is InChI=1S/C18H15F3N2O3/c1-18(2)6-13-9(14(24)7-18)5-10(17(26)23-13)16(25)22-8-3-11(19)15(21)12(20)4-8/h3-5H,6-7H2,1-2H3,(H,22,25)(H,23,26). The summed E-state index contributed by atoms with van der Waals surface area (Å²) >= 11 is 0. The molecule has 0 fully saturated rings. The van der Waals surface area contributed by atoms with Gasteiger partial charge in [0, 0.05) is 35.5 Å². The normalized spacial score (nSPS) is 15.5. The third kappa shape index (κ3) is 3.26. The van der Waals surface area contributed by atoms with Gasteiger partial charge in [0.05, 0.1) is 0 Å². The van der Waals surface area contributed by atoms with Crippen LogP contribution in [0, 0.1) is 22.9 Å². The molecule has 5 nitrogen and oxygen atoms in total. The minimum absolute atomic E-state index is 0.208. The molecular weight excluding hydrogens is 349 g/mol. The van der Waals surface area contributed by atoms with Gasteiger partial charge in [-0.1, -0.05) is 13.8 Å². The Morgan fingerprint density at radius 3 is 2.31 bits per heavy atom. The molecule has 1 aromatic carbocycles. The van der Waals surface area contributed by atoms with Crippen molar-refractivity contribution in [2.24, 2.45) is 5.41 Å². The summed E-state index contributed by atoms with van der Waals surface area (Å²) in [5, 5.41) is 2.13. The number of anilines is 1. The van der Waals surface area contributed by atoms with Gasteiger partial charge in [0.2, 0.25) is 0 Å². The molecule has 0 saturated carbocycles. The zero-order valence-electron chi connectivity index (χ0n) is 14.0. The highest BCUT2D eigenvalue weighted by Gasteiger charge is 2.32. The molecule has 3 rings (SSSR count). The number of aromatic amines is 1. The number of carbonyl (C=O) groups is 2. The molecule has 1 aliphatic rings. The molecule has 8 heteroatoms. The van der Waals surface area contributed by atoms with Crippen molar-refractivity contribution in [3.05, 3.63) is 62.8 Å². The van der Waals surface area contributed by atoms with Crippen LogP contribution in [-0.2, 0) is 6.42 Å². The molecular formula is C18H15F3N2O3. The summed E-state index contributed by atoms with van der Waals surface area (Å²) < 4.78 is 39.5. The second-order valence-corrected chi connectivity index (χ2v) is 7.05. The van der Waals surface area contributed by atoms with Crippen LogP contribution in [0.15, 0.2) is 23.0 Å². The molecule has 2 N–H and O–H groups in total. The summed E-state index contributed by atoms with van der Waals surface area (Å²) in [7, 11) is 0. The van der Waals surface area contributed by atoms with Gasteiger partial charge in [-0.3, -0.25) is 14.4 Å². The van der Waals surface area contributed by atoms with Gasteiger partial charge in [-0.05, 0) is 17.9 Å². The Bertz CT molecular complexity index is 973. The first-order valence-corrected chi connectivity index (χ1v) is 7.83. The average molecular weight is 364 g/mol. The summed E-state index contributed by atoms with van der Waals surface area (Å²) in [6.07, 6.45) is 0.737. The van der Waals surface area contributed by atoms with Crippen LogP contribution in [0.3, 0.4) is 0 Å². The molecule has 26 heavy (non-hydrogen) atoms. The zero-order valence-corrected chi connectivity index (χ0v) is 14.0. The minimum atomic E-state index is -1.66. The third-order valence-electron chi connectivity index (χ3n) is 4.20. The molecule has 2 aromatic rings. The van der Waals surface area contributed by atoms with E-state index in [0.717, 1.165) is 0 Å². The third-order valence-corrected chi connectivity index (χ3v) is 4.20. The average Bonchev–Trinajstić information content (AvgIpc) is 2.50. The van der Waals surface area contributed by atoms with Gasteiger partial charge < -0.3 is 10.3 Å². The monoisotopic (exact) mass is 364 g/mol. The van der Waals surface area contributed by atoms with Crippen molar-refractivity contribution in [3.63, 3.8) is 0 Å². The Morgan fingerprint density at radius 2 is 1.69 bits per heavy atom. The minimum Gasteiger partial charge on any atom is -0.325 e. The summed E-state index contributed by atoms with van der Waals surface area (Å²) in [6, 6.07) is 2.37. The lowest BCUT2D eigenvalue weighted by Gasteiger charge is -2.29. The van der Waals surface area contributed by atoms with Gasteiger partial charge in [-0.2, -0.15) is 0 Å². The molecule has 0 radical (unpaired) electrons. The fourth-order valence-electron chi connectivity index (χ4n) is 3.02. The van der Waals surface area contributed by atoms with E-state index >= 15 is 0 Å². The predicted molar refractivity (Wildman–Crippen MR) is 87.8 cm³/mol. The van der Waals surface area contributed by atoms with Crippen LogP contribution in [0.5, 0.6) is 0 Å². The number of rotatable bonds is 2. The maximum absolute atomic E-state index is 13.2. The van der Waals surface area contributed by atoms with E-state index in [0.29, 0.717) is 24.2 Å². The fourth-order valence-corrected chi connectivity index (χ4v) is 3.02. The summed E-state index contributed by atoms with van der Waals surface area (Å²) in [5.41, 5.74) is -1.06. The number of hydrogen-bond acceptors (Lipinski definition) is 3. The summed E-state index contributed by atoms with van der Waals surface area (Å²) in [5.74, 6) is -5.78. The maximum atomic E-state index is 13.2. The second kappa shape index (κ2) is 6.12. The van der Waals surface area contributed by atoms with Crippen molar-refractivity contribution in [2.75, 3.05) is 5.32 Å². The van der Waals surface area contributed by atoms with Crippen LogP contribution in [0.25, 0.3) is 0 Å². The lowest BCUT2D eigenvalue weighted by atomic mass is 9.75. The molecule has 1 aliphatic carbocycles. The van der Waals surface area contributed by atoms with E-state index in [4.69, 9.17) is 0 Å². The predicted octanol–water partition coefficient (Wildman–Crippen LogP) is 3.20. The van der Waals surface area contributed by atoms with E-state index in [-0.39, 0.29) is 34.4 Å². The first kappa shape index (κ1) is 17.9. The van der Waals surface area contributed by atoms with Gasteiger partial charge >= 0.3 is 0 Å². The number of hydrogen-bond donors (Lipinski definition) is 2. The first-order valence-electron chi connectivity index (χ1n) is 7.83. The molecule has 0 atom stereocenters. The fraction of sp³-hybridized carbons (Fsp3) is 0.278. The van der Waals surface area contributed by atoms with E-state index in [1.165, 1.54) is 6.07 Å². The van der Waals surface area contributed by atoms with Crippen LogP contribution in [0.1, 0.15) is 46.7 Å². The van der Waals surface area contributed by atoms with E-state index < -0.39 is 28.9 Å². The number of benzene rings is 1. The Kier molecular flexibility index (Phi) is 4.21. The topological polar surface area (TPSA) is 79.0 Å². The smallest absolute Gasteiger partial charge is 0.261 e. The van der Waals surface area contributed by atoms with E-state index in [9.17, 15) is 27.6 Å². The lowest BCUT2D eigenvalue weighted by molar-refractivity contribution is 0.0910. The van der Waals surface area contributed by atoms with E-state index in [1.807, 2.05) is 13.8 Å². The summed E-state index contributed by atoms with van der Waals surface area (Å²) in [6.45, 7) is 3.79. The van der Waals surface area contributed by atoms with Crippen LogP contribution < -0.4 is 10.9 Å². The number of pyridine rings is 1. The maximum Gasteiger partial charge on any atom is 0.261 e. The van der Waals surface area contributed by atoms with Crippen LogP contribution in [0.2, 0.25) is 0 Å². The van der Waals surface area contributed by atoms with Crippen molar-refractivity contribution < 1.29 is 22.8 Å². The number of nitrogens with one attached hydrogen (secondary N) is 2. The molecule has 0 saturated heterocycles. The number of amides is 1. The van der Waals surface area contributed by atoms with Crippen LogP contribution in [0.4, 0.5) is 18.9 Å². The van der Waals surface area contributed by atoms with Crippen molar-refractivity contribution in [1.29, 1.82) is 0 Å². The highest BCUT2D eigenvalue weighted by Crippen LogP contribution is 2.33. The highest BCUT2D eigenvalue weighted by molar-refractivity contribution is 6.06. The number of ketones is 1.